The minimum Gasteiger partial charge on any atom is -0.468 e. The SMILES string of the molecule is COC(=O)C1(Br)C(c2ccc(C(F)(F)F)cc2)=NCC1CBr. The van der Waals surface area contributed by atoms with Crippen molar-refractivity contribution in [1.82, 2.24) is 0 Å². The lowest BCUT2D eigenvalue weighted by molar-refractivity contribution is -0.142. The zero-order valence-electron chi connectivity index (χ0n) is 11.5. The normalized spacial score (nSPS) is 25.0. The summed E-state index contributed by atoms with van der Waals surface area (Å²) in [6, 6.07) is 4.59. The summed E-state index contributed by atoms with van der Waals surface area (Å²) in [4.78, 5) is 16.5. The molecule has 1 aromatic rings. The third-order valence-electron chi connectivity index (χ3n) is 3.53. The summed E-state index contributed by atoms with van der Waals surface area (Å²) in [6.45, 7) is 0.377. The number of halogens is 5. The predicted octanol–water partition coefficient (Wildman–Crippen LogP) is 3.83. The minimum atomic E-state index is -4.40. The number of alkyl halides is 5. The summed E-state index contributed by atoms with van der Waals surface area (Å²) in [7, 11) is 1.26. The number of esters is 1. The summed E-state index contributed by atoms with van der Waals surface area (Å²) in [5.41, 5.74) is 0.0985. The summed E-state index contributed by atoms with van der Waals surface area (Å²) in [5.74, 6) is -0.703. The van der Waals surface area contributed by atoms with E-state index in [2.05, 4.69) is 36.9 Å². The number of nitrogens with zero attached hydrogens (tertiary/aromatic N) is 1. The van der Waals surface area contributed by atoms with Crippen LogP contribution in [0.1, 0.15) is 11.1 Å². The van der Waals surface area contributed by atoms with Gasteiger partial charge in [0.05, 0.1) is 18.4 Å². The molecule has 0 spiro atoms. The number of methoxy groups -OCH3 is 1. The molecule has 0 aliphatic carbocycles. The fraction of sp³-hybridized carbons (Fsp3) is 0.429. The van der Waals surface area contributed by atoms with Crippen LogP contribution in [-0.4, -0.2) is 35.0 Å². The second-order valence-electron chi connectivity index (χ2n) is 4.82. The Kier molecular flexibility index (Phi) is 5.01. The van der Waals surface area contributed by atoms with Crippen molar-refractivity contribution in [3.05, 3.63) is 35.4 Å². The van der Waals surface area contributed by atoms with Crippen LogP contribution < -0.4 is 0 Å². The largest absolute Gasteiger partial charge is 0.468 e. The van der Waals surface area contributed by atoms with Crippen LogP contribution in [0.3, 0.4) is 0 Å². The fourth-order valence-corrected chi connectivity index (χ4v) is 4.27. The van der Waals surface area contributed by atoms with Gasteiger partial charge in [-0.15, -0.1) is 0 Å². The molecular weight excluding hydrogens is 431 g/mol. The number of carbonyl (C=O) groups excluding carboxylic acids is 1. The minimum absolute atomic E-state index is 0.183. The average molecular weight is 443 g/mol. The molecule has 0 N–H and O–H groups in total. The Morgan fingerprint density at radius 3 is 2.45 bits per heavy atom. The lowest BCUT2D eigenvalue weighted by atomic mass is 9.88. The van der Waals surface area contributed by atoms with Crippen molar-refractivity contribution in [2.75, 3.05) is 19.0 Å². The van der Waals surface area contributed by atoms with Gasteiger partial charge in [-0.05, 0) is 17.7 Å². The topological polar surface area (TPSA) is 38.7 Å². The third kappa shape index (κ3) is 2.95. The van der Waals surface area contributed by atoms with E-state index < -0.39 is 22.0 Å². The Bertz CT molecular complexity index is 601. The Labute approximate surface area is 142 Å². The second kappa shape index (κ2) is 6.31. The second-order valence-corrected chi connectivity index (χ2v) is 6.72. The highest BCUT2D eigenvalue weighted by Gasteiger charge is 2.52. The van der Waals surface area contributed by atoms with Crippen LogP contribution in [0.15, 0.2) is 29.3 Å². The van der Waals surface area contributed by atoms with E-state index in [0.29, 0.717) is 23.1 Å². The number of ether oxygens (including phenoxy) is 1. The first-order chi connectivity index (χ1) is 10.2. The van der Waals surface area contributed by atoms with Crippen molar-refractivity contribution in [2.45, 2.75) is 10.5 Å². The van der Waals surface area contributed by atoms with Gasteiger partial charge in [0.1, 0.15) is 0 Å². The quantitative estimate of drug-likeness (QED) is 0.527. The molecule has 8 heteroatoms. The Balaban J connectivity index is 2.41. The van der Waals surface area contributed by atoms with E-state index in [1.54, 1.807) is 0 Å². The van der Waals surface area contributed by atoms with Crippen LogP contribution in [0.4, 0.5) is 13.2 Å². The van der Waals surface area contributed by atoms with Crippen LogP contribution in [0.25, 0.3) is 0 Å². The lowest BCUT2D eigenvalue weighted by Crippen LogP contribution is -2.46. The summed E-state index contributed by atoms with van der Waals surface area (Å²) >= 11 is 6.73. The monoisotopic (exact) mass is 441 g/mol. The van der Waals surface area contributed by atoms with E-state index in [1.165, 1.54) is 19.2 Å². The van der Waals surface area contributed by atoms with Crippen molar-refractivity contribution < 1.29 is 22.7 Å². The molecule has 22 heavy (non-hydrogen) atoms. The molecule has 1 aliphatic heterocycles. The molecule has 2 unspecified atom stereocenters. The van der Waals surface area contributed by atoms with Crippen LogP contribution >= 0.6 is 31.9 Å². The van der Waals surface area contributed by atoms with Crippen molar-refractivity contribution in [3.8, 4) is 0 Å². The van der Waals surface area contributed by atoms with Crippen LogP contribution in [0, 0.1) is 5.92 Å². The molecule has 120 valence electrons. The maximum atomic E-state index is 12.6. The van der Waals surface area contributed by atoms with Gasteiger partial charge in [-0.2, -0.15) is 13.2 Å². The van der Waals surface area contributed by atoms with Gasteiger partial charge in [-0.25, -0.2) is 0 Å². The molecule has 0 aromatic heterocycles. The van der Waals surface area contributed by atoms with Gasteiger partial charge in [0.25, 0.3) is 0 Å². The molecule has 2 rings (SSSR count). The van der Waals surface area contributed by atoms with E-state index in [-0.39, 0.29) is 5.92 Å². The van der Waals surface area contributed by atoms with E-state index >= 15 is 0 Å². The molecule has 3 nitrogen and oxygen atoms in total. The van der Waals surface area contributed by atoms with Crippen LogP contribution in [0.2, 0.25) is 0 Å². The highest BCUT2D eigenvalue weighted by atomic mass is 79.9. The molecule has 0 saturated carbocycles. The highest BCUT2D eigenvalue weighted by Crippen LogP contribution is 2.40. The fourth-order valence-electron chi connectivity index (χ4n) is 2.32. The van der Waals surface area contributed by atoms with Gasteiger partial charge in [-0.1, -0.05) is 44.0 Å². The zero-order valence-corrected chi connectivity index (χ0v) is 14.6. The molecular formula is C14H12Br2F3NO2. The first-order valence-corrected chi connectivity index (χ1v) is 8.22. The van der Waals surface area contributed by atoms with Gasteiger partial charge in [-0.3, -0.25) is 9.79 Å². The van der Waals surface area contributed by atoms with Crippen molar-refractivity contribution >= 4 is 43.5 Å². The van der Waals surface area contributed by atoms with E-state index in [4.69, 9.17) is 4.74 Å². The van der Waals surface area contributed by atoms with Gasteiger partial charge in [0.15, 0.2) is 4.32 Å². The Morgan fingerprint density at radius 2 is 2.00 bits per heavy atom. The van der Waals surface area contributed by atoms with Crippen LogP contribution in [-0.2, 0) is 15.7 Å². The van der Waals surface area contributed by atoms with Gasteiger partial charge >= 0.3 is 12.1 Å². The molecule has 0 radical (unpaired) electrons. The smallest absolute Gasteiger partial charge is 0.416 e. The van der Waals surface area contributed by atoms with Crippen molar-refractivity contribution in [3.63, 3.8) is 0 Å². The van der Waals surface area contributed by atoms with E-state index in [0.717, 1.165) is 12.1 Å². The first-order valence-electron chi connectivity index (χ1n) is 6.31. The number of rotatable bonds is 3. The maximum Gasteiger partial charge on any atom is 0.416 e. The summed E-state index contributed by atoms with van der Waals surface area (Å²) < 4.78 is 41.6. The Hall–Kier alpha value is -0.890. The van der Waals surface area contributed by atoms with E-state index in [1.807, 2.05) is 0 Å². The molecule has 1 aliphatic rings. The Morgan fingerprint density at radius 1 is 1.41 bits per heavy atom. The third-order valence-corrected chi connectivity index (χ3v) is 5.66. The summed E-state index contributed by atoms with van der Waals surface area (Å²) in [5, 5.41) is 0.501. The standard InChI is InChI=1S/C14H12Br2F3NO2/c1-22-12(21)13(16)10(6-15)7-20-11(13)8-2-4-9(5-3-8)14(17,18)19/h2-5,10H,6-7H2,1H3. The van der Waals surface area contributed by atoms with Crippen molar-refractivity contribution in [1.29, 1.82) is 0 Å². The maximum absolute atomic E-state index is 12.6. The molecule has 0 fully saturated rings. The first kappa shape index (κ1) is 17.5. The number of aliphatic imine (C=N–C) groups is 1. The van der Waals surface area contributed by atoms with Crippen molar-refractivity contribution in [2.24, 2.45) is 10.9 Å². The molecule has 1 aromatic carbocycles. The molecule has 0 saturated heterocycles. The number of benzene rings is 1. The molecule has 2 atom stereocenters. The molecule has 0 amide bonds. The van der Waals surface area contributed by atoms with Crippen LogP contribution in [0.5, 0.6) is 0 Å². The zero-order chi connectivity index (χ0) is 16.5. The van der Waals surface area contributed by atoms with Gasteiger partial charge in [0, 0.05) is 17.8 Å². The number of carbonyl (C=O) groups is 1. The molecule has 0 bridgehead atoms. The number of hydrogen-bond acceptors (Lipinski definition) is 3. The molecule has 1 heterocycles. The number of hydrogen-bond donors (Lipinski definition) is 0. The van der Waals surface area contributed by atoms with Gasteiger partial charge < -0.3 is 4.74 Å². The predicted molar refractivity (Wildman–Crippen MR) is 83.8 cm³/mol. The average Bonchev–Trinajstić information content (AvgIpc) is 2.83. The summed E-state index contributed by atoms with van der Waals surface area (Å²) in [6.07, 6.45) is -4.40. The van der Waals surface area contributed by atoms with E-state index in [9.17, 15) is 18.0 Å². The lowest BCUT2D eigenvalue weighted by Gasteiger charge is -2.27. The highest BCUT2D eigenvalue weighted by molar-refractivity contribution is 9.10. The van der Waals surface area contributed by atoms with Gasteiger partial charge in [0.2, 0.25) is 0 Å².